The summed E-state index contributed by atoms with van der Waals surface area (Å²) in [6.07, 6.45) is -5.99. The minimum Gasteiger partial charge on any atom is -0.387 e. The molecule has 0 bridgehead atoms. The van der Waals surface area contributed by atoms with Crippen molar-refractivity contribution in [3.05, 3.63) is 35.1 Å². The van der Waals surface area contributed by atoms with Gasteiger partial charge in [-0.05, 0) is 29.7 Å². The van der Waals surface area contributed by atoms with E-state index in [1.165, 1.54) is 0 Å². The van der Waals surface area contributed by atoms with E-state index in [0.717, 1.165) is 12.1 Å². The Morgan fingerprint density at radius 1 is 1.17 bits per heavy atom. The summed E-state index contributed by atoms with van der Waals surface area (Å²) in [5.74, 6) is -1.19. The van der Waals surface area contributed by atoms with Crippen LogP contribution in [0.4, 0.5) is 17.6 Å². The van der Waals surface area contributed by atoms with E-state index in [1.54, 1.807) is 13.8 Å². The number of nitrogens with two attached hydrogens (primary N) is 1. The molecule has 102 valence electrons. The standard InChI is InChI=1S/C12H15F4NO/c1-6(2)10(17)11(18)7-3-8(12(14,15)16)5-9(13)4-7/h3-6,10-11,18H,17H2,1-2H3. The molecule has 2 atom stereocenters. The Bertz CT molecular complexity index is 417. The Morgan fingerprint density at radius 3 is 2.17 bits per heavy atom. The first-order chi connectivity index (χ1) is 8.12. The molecule has 2 unspecified atom stereocenters. The SMILES string of the molecule is CC(C)C(N)C(O)c1cc(F)cc(C(F)(F)F)c1. The predicted molar refractivity (Wildman–Crippen MR) is 59.2 cm³/mol. The number of benzene rings is 1. The molecule has 1 rings (SSSR count). The zero-order valence-electron chi connectivity index (χ0n) is 10.0. The number of alkyl halides is 3. The lowest BCUT2D eigenvalue weighted by molar-refractivity contribution is -0.137. The molecule has 1 aromatic rings. The minimum atomic E-state index is -4.65. The maximum atomic E-state index is 13.1. The number of halogens is 4. The van der Waals surface area contributed by atoms with Crippen molar-refractivity contribution in [3.8, 4) is 0 Å². The van der Waals surface area contributed by atoms with Crippen molar-refractivity contribution in [3.63, 3.8) is 0 Å². The molecule has 0 aliphatic rings. The van der Waals surface area contributed by atoms with Crippen molar-refractivity contribution in [2.75, 3.05) is 0 Å². The summed E-state index contributed by atoms with van der Waals surface area (Å²) < 4.78 is 50.6. The lowest BCUT2D eigenvalue weighted by Crippen LogP contribution is -2.33. The van der Waals surface area contributed by atoms with E-state index in [1.807, 2.05) is 0 Å². The van der Waals surface area contributed by atoms with Gasteiger partial charge in [0.15, 0.2) is 0 Å². The Labute approximate surface area is 102 Å². The molecule has 0 saturated heterocycles. The number of aliphatic hydroxyl groups excluding tert-OH is 1. The fourth-order valence-corrected chi connectivity index (χ4v) is 1.53. The van der Waals surface area contributed by atoms with Gasteiger partial charge in [-0.2, -0.15) is 13.2 Å². The molecule has 3 N–H and O–H groups in total. The van der Waals surface area contributed by atoms with E-state index in [4.69, 9.17) is 5.73 Å². The van der Waals surface area contributed by atoms with Gasteiger partial charge < -0.3 is 10.8 Å². The maximum absolute atomic E-state index is 13.1. The third-order valence-corrected chi connectivity index (χ3v) is 2.72. The summed E-state index contributed by atoms with van der Waals surface area (Å²) in [6.45, 7) is 3.44. The summed E-state index contributed by atoms with van der Waals surface area (Å²) in [5, 5.41) is 9.82. The van der Waals surface area contributed by atoms with Gasteiger partial charge in [-0.25, -0.2) is 4.39 Å². The largest absolute Gasteiger partial charge is 0.416 e. The van der Waals surface area contributed by atoms with Crippen molar-refractivity contribution in [1.82, 2.24) is 0 Å². The number of hydrogen-bond acceptors (Lipinski definition) is 2. The van der Waals surface area contributed by atoms with Crippen LogP contribution in [0.15, 0.2) is 18.2 Å². The second-order valence-corrected chi connectivity index (χ2v) is 4.54. The summed E-state index contributed by atoms with van der Waals surface area (Å²) in [6, 6.07) is 1.21. The van der Waals surface area contributed by atoms with Crippen LogP contribution in [0, 0.1) is 11.7 Å². The molecule has 0 saturated carbocycles. The van der Waals surface area contributed by atoms with Gasteiger partial charge in [-0.3, -0.25) is 0 Å². The van der Waals surface area contributed by atoms with Crippen molar-refractivity contribution < 1.29 is 22.7 Å². The topological polar surface area (TPSA) is 46.2 Å². The fourth-order valence-electron chi connectivity index (χ4n) is 1.53. The molecule has 0 radical (unpaired) electrons. The number of rotatable bonds is 3. The van der Waals surface area contributed by atoms with E-state index in [-0.39, 0.29) is 11.5 Å². The lowest BCUT2D eigenvalue weighted by atomic mass is 9.93. The van der Waals surface area contributed by atoms with Crippen LogP contribution >= 0.6 is 0 Å². The fraction of sp³-hybridized carbons (Fsp3) is 0.500. The second kappa shape index (κ2) is 5.24. The molecule has 0 fully saturated rings. The van der Waals surface area contributed by atoms with Gasteiger partial charge in [0.2, 0.25) is 0 Å². The average Bonchev–Trinajstić information content (AvgIpc) is 2.24. The van der Waals surface area contributed by atoms with E-state index < -0.39 is 29.7 Å². The Balaban J connectivity index is 3.14. The molecule has 0 aliphatic carbocycles. The Hall–Kier alpha value is -1.14. The first-order valence-electron chi connectivity index (χ1n) is 5.44. The van der Waals surface area contributed by atoms with Gasteiger partial charge in [-0.15, -0.1) is 0 Å². The van der Waals surface area contributed by atoms with Crippen molar-refractivity contribution in [1.29, 1.82) is 0 Å². The highest BCUT2D eigenvalue weighted by Gasteiger charge is 2.32. The maximum Gasteiger partial charge on any atom is 0.416 e. The van der Waals surface area contributed by atoms with Gasteiger partial charge in [0.25, 0.3) is 0 Å². The molecule has 6 heteroatoms. The van der Waals surface area contributed by atoms with E-state index in [9.17, 15) is 22.7 Å². The molecule has 18 heavy (non-hydrogen) atoms. The highest BCUT2D eigenvalue weighted by molar-refractivity contribution is 5.29. The first kappa shape index (κ1) is 14.9. The molecule has 0 spiro atoms. The molecule has 0 aliphatic heterocycles. The second-order valence-electron chi connectivity index (χ2n) is 4.54. The molecule has 0 heterocycles. The van der Waals surface area contributed by atoms with E-state index in [0.29, 0.717) is 6.07 Å². The minimum absolute atomic E-state index is 0.141. The average molecular weight is 265 g/mol. The molecular formula is C12H15F4NO. The van der Waals surface area contributed by atoms with Crippen molar-refractivity contribution in [2.24, 2.45) is 11.7 Å². The molecule has 0 amide bonds. The van der Waals surface area contributed by atoms with Crippen LogP contribution in [0.1, 0.15) is 31.1 Å². The van der Waals surface area contributed by atoms with Crippen LogP contribution in [0.2, 0.25) is 0 Å². The predicted octanol–water partition coefficient (Wildman–Crippen LogP) is 2.86. The Morgan fingerprint density at radius 2 is 1.72 bits per heavy atom. The Kier molecular flexibility index (Phi) is 4.34. The van der Waals surface area contributed by atoms with E-state index >= 15 is 0 Å². The van der Waals surface area contributed by atoms with Crippen molar-refractivity contribution in [2.45, 2.75) is 32.2 Å². The smallest absolute Gasteiger partial charge is 0.387 e. The molecular weight excluding hydrogens is 250 g/mol. The van der Waals surface area contributed by atoms with Crippen LogP contribution in [0.25, 0.3) is 0 Å². The normalized spacial score (nSPS) is 15.8. The summed E-state index contributed by atoms with van der Waals surface area (Å²) in [7, 11) is 0. The summed E-state index contributed by atoms with van der Waals surface area (Å²) >= 11 is 0. The lowest BCUT2D eigenvalue weighted by Gasteiger charge is -2.23. The zero-order chi connectivity index (χ0) is 14.1. The van der Waals surface area contributed by atoms with Gasteiger partial charge in [0.1, 0.15) is 5.82 Å². The highest BCUT2D eigenvalue weighted by Crippen LogP contribution is 2.32. The van der Waals surface area contributed by atoms with Crippen LogP contribution < -0.4 is 5.73 Å². The van der Waals surface area contributed by atoms with Crippen molar-refractivity contribution >= 4 is 0 Å². The van der Waals surface area contributed by atoms with Gasteiger partial charge >= 0.3 is 6.18 Å². The third-order valence-electron chi connectivity index (χ3n) is 2.72. The summed E-state index contributed by atoms with van der Waals surface area (Å²) in [5.41, 5.74) is 4.35. The van der Waals surface area contributed by atoms with Crippen LogP contribution in [0.3, 0.4) is 0 Å². The zero-order valence-corrected chi connectivity index (χ0v) is 10.0. The highest BCUT2D eigenvalue weighted by atomic mass is 19.4. The monoisotopic (exact) mass is 265 g/mol. The third kappa shape index (κ3) is 3.43. The molecule has 0 aromatic heterocycles. The molecule has 1 aromatic carbocycles. The van der Waals surface area contributed by atoms with Crippen LogP contribution in [-0.2, 0) is 6.18 Å². The number of aliphatic hydroxyl groups is 1. The van der Waals surface area contributed by atoms with E-state index in [2.05, 4.69) is 0 Å². The first-order valence-corrected chi connectivity index (χ1v) is 5.44. The summed E-state index contributed by atoms with van der Waals surface area (Å²) in [4.78, 5) is 0. The quantitative estimate of drug-likeness (QED) is 0.825. The van der Waals surface area contributed by atoms with Gasteiger partial charge in [0.05, 0.1) is 11.7 Å². The van der Waals surface area contributed by atoms with Gasteiger partial charge in [0, 0.05) is 6.04 Å². The molecule has 2 nitrogen and oxygen atoms in total. The van der Waals surface area contributed by atoms with Crippen LogP contribution in [0.5, 0.6) is 0 Å². The van der Waals surface area contributed by atoms with Crippen LogP contribution in [-0.4, -0.2) is 11.1 Å². The number of hydrogen-bond donors (Lipinski definition) is 2. The van der Waals surface area contributed by atoms with Gasteiger partial charge in [-0.1, -0.05) is 13.8 Å².